The van der Waals surface area contributed by atoms with Crippen molar-refractivity contribution in [1.82, 2.24) is 10.3 Å². The molecule has 0 radical (unpaired) electrons. The van der Waals surface area contributed by atoms with Gasteiger partial charge >= 0.3 is 0 Å². The molecule has 0 fully saturated rings. The molecule has 86 valence electrons. The van der Waals surface area contributed by atoms with E-state index >= 15 is 0 Å². The van der Waals surface area contributed by atoms with Crippen molar-refractivity contribution in [3.63, 3.8) is 0 Å². The predicted molar refractivity (Wildman–Crippen MR) is 66.6 cm³/mol. The Bertz CT molecular complexity index is 477. The van der Waals surface area contributed by atoms with E-state index in [0.29, 0.717) is 16.7 Å². The van der Waals surface area contributed by atoms with Gasteiger partial charge in [-0.15, -0.1) is 0 Å². The third-order valence-corrected chi connectivity index (χ3v) is 2.86. The summed E-state index contributed by atoms with van der Waals surface area (Å²) in [5.41, 5.74) is 0.440. The first kappa shape index (κ1) is 12.7. The molecule has 1 aromatic heterocycles. The monoisotopic (exact) mass is 284 g/mol. The van der Waals surface area contributed by atoms with Gasteiger partial charge in [-0.2, -0.15) is 0 Å². The van der Waals surface area contributed by atoms with Crippen LogP contribution >= 0.6 is 15.9 Å². The quantitative estimate of drug-likeness (QED) is 0.831. The lowest BCUT2D eigenvalue weighted by Crippen LogP contribution is -2.30. The van der Waals surface area contributed by atoms with E-state index in [1.807, 2.05) is 13.0 Å². The fraction of sp³-hybridized carbons (Fsp3) is 0.273. The molecule has 0 unspecified atom stereocenters. The number of hydrogen-bond acceptors (Lipinski definition) is 2. The molecule has 0 spiro atoms. The second-order valence-electron chi connectivity index (χ2n) is 3.26. The smallest absolute Gasteiger partial charge is 0.261 e. The van der Waals surface area contributed by atoms with Crippen molar-refractivity contribution >= 4 is 21.8 Å². The summed E-state index contributed by atoms with van der Waals surface area (Å²) >= 11 is 3.27. The van der Waals surface area contributed by atoms with Crippen LogP contribution in [0.25, 0.3) is 0 Å². The SMILES string of the molecule is C/C=C/CNC(=O)c1cc(Br)c(C)[nH]c1=O. The fourth-order valence-electron chi connectivity index (χ4n) is 1.13. The summed E-state index contributed by atoms with van der Waals surface area (Å²) in [5.74, 6) is -0.375. The lowest BCUT2D eigenvalue weighted by atomic mass is 10.2. The number of halogens is 1. The number of allylic oxidation sites excluding steroid dienone is 1. The van der Waals surface area contributed by atoms with Crippen LogP contribution in [-0.4, -0.2) is 17.4 Å². The summed E-state index contributed by atoms with van der Waals surface area (Å²) in [7, 11) is 0. The van der Waals surface area contributed by atoms with Gasteiger partial charge in [0, 0.05) is 16.7 Å². The summed E-state index contributed by atoms with van der Waals surface area (Å²) in [5, 5.41) is 2.62. The number of amides is 1. The molecule has 1 amide bonds. The normalized spacial score (nSPS) is 10.7. The molecule has 0 aliphatic carbocycles. The van der Waals surface area contributed by atoms with E-state index in [0.717, 1.165) is 0 Å². The summed E-state index contributed by atoms with van der Waals surface area (Å²) in [4.78, 5) is 25.7. The van der Waals surface area contributed by atoms with Gasteiger partial charge in [-0.3, -0.25) is 9.59 Å². The molecule has 0 aromatic carbocycles. The zero-order valence-corrected chi connectivity index (χ0v) is 10.7. The molecule has 2 N–H and O–H groups in total. The van der Waals surface area contributed by atoms with Gasteiger partial charge in [0.15, 0.2) is 0 Å². The van der Waals surface area contributed by atoms with Crippen LogP contribution in [0.1, 0.15) is 23.0 Å². The predicted octanol–water partition coefficient (Wildman–Crippen LogP) is 1.75. The van der Waals surface area contributed by atoms with Crippen molar-refractivity contribution in [2.75, 3.05) is 6.54 Å². The van der Waals surface area contributed by atoms with Crippen molar-refractivity contribution in [1.29, 1.82) is 0 Å². The first-order valence-corrected chi connectivity index (χ1v) is 5.64. The first-order valence-electron chi connectivity index (χ1n) is 4.85. The number of hydrogen-bond donors (Lipinski definition) is 2. The number of rotatable bonds is 3. The second-order valence-corrected chi connectivity index (χ2v) is 4.12. The molecule has 0 aliphatic heterocycles. The van der Waals surface area contributed by atoms with Crippen LogP contribution in [0.15, 0.2) is 27.5 Å². The molecular formula is C11H13BrN2O2. The average Bonchev–Trinajstić information content (AvgIpc) is 2.23. The number of carbonyl (C=O) groups is 1. The molecule has 1 aromatic rings. The van der Waals surface area contributed by atoms with Crippen LogP contribution in [0.2, 0.25) is 0 Å². The minimum absolute atomic E-state index is 0.113. The Hall–Kier alpha value is -1.36. The van der Waals surface area contributed by atoms with Crippen LogP contribution in [0.5, 0.6) is 0 Å². The molecule has 0 saturated heterocycles. The highest BCUT2D eigenvalue weighted by atomic mass is 79.9. The number of carbonyl (C=O) groups excluding carboxylic acids is 1. The maximum atomic E-state index is 11.6. The van der Waals surface area contributed by atoms with Crippen LogP contribution in [0.4, 0.5) is 0 Å². The van der Waals surface area contributed by atoms with Gasteiger partial charge in [-0.1, -0.05) is 12.2 Å². The van der Waals surface area contributed by atoms with E-state index in [1.54, 1.807) is 13.0 Å². The van der Waals surface area contributed by atoms with Crippen molar-refractivity contribution in [3.8, 4) is 0 Å². The molecular weight excluding hydrogens is 272 g/mol. The van der Waals surface area contributed by atoms with E-state index in [1.165, 1.54) is 6.07 Å². The molecule has 0 aliphatic rings. The van der Waals surface area contributed by atoms with E-state index in [4.69, 9.17) is 0 Å². The fourth-order valence-corrected chi connectivity index (χ4v) is 1.46. The number of aromatic nitrogens is 1. The Kier molecular flexibility index (Phi) is 4.49. The van der Waals surface area contributed by atoms with Gasteiger partial charge in [0.05, 0.1) is 0 Å². The van der Waals surface area contributed by atoms with E-state index in [9.17, 15) is 9.59 Å². The van der Waals surface area contributed by atoms with Crippen LogP contribution in [0, 0.1) is 6.92 Å². The zero-order chi connectivity index (χ0) is 12.1. The molecule has 0 saturated carbocycles. The molecule has 1 rings (SSSR count). The molecule has 5 heteroatoms. The van der Waals surface area contributed by atoms with Gasteiger partial charge in [0.25, 0.3) is 11.5 Å². The van der Waals surface area contributed by atoms with E-state index < -0.39 is 0 Å². The van der Waals surface area contributed by atoms with Crippen LogP contribution in [-0.2, 0) is 0 Å². The Labute approximate surface area is 102 Å². The minimum Gasteiger partial charge on any atom is -0.348 e. The van der Waals surface area contributed by atoms with Crippen LogP contribution < -0.4 is 10.9 Å². The Morgan fingerprint density at radius 2 is 2.31 bits per heavy atom. The van der Waals surface area contributed by atoms with Crippen molar-refractivity contribution < 1.29 is 4.79 Å². The summed E-state index contributed by atoms with van der Waals surface area (Å²) in [6.07, 6.45) is 3.63. The number of pyridine rings is 1. The minimum atomic E-state index is -0.376. The van der Waals surface area contributed by atoms with E-state index in [-0.39, 0.29) is 17.0 Å². The molecule has 0 bridgehead atoms. The van der Waals surface area contributed by atoms with Gasteiger partial charge in [0.2, 0.25) is 0 Å². The zero-order valence-electron chi connectivity index (χ0n) is 9.13. The van der Waals surface area contributed by atoms with Gasteiger partial charge < -0.3 is 10.3 Å². The third-order valence-electron chi connectivity index (χ3n) is 2.04. The lowest BCUT2D eigenvalue weighted by Gasteiger charge is -2.03. The molecule has 16 heavy (non-hydrogen) atoms. The highest BCUT2D eigenvalue weighted by Gasteiger charge is 2.11. The summed E-state index contributed by atoms with van der Waals surface area (Å²) in [6.45, 7) is 4.04. The van der Waals surface area contributed by atoms with E-state index in [2.05, 4.69) is 26.2 Å². The lowest BCUT2D eigenvalue weighted by molar-refractivity contribution is 0.0956. The average molecular weight is 285 g/mol. The Morgan fingerprint density at radius 3 is 2.94 bits per heavy atom. The van der Waals surface area contributed by atoms with Crippen molar-refractivity contribution in [2.45, 2.75) is 13.8 Å². The van der Waals surface area contributed by atoms with Crippen molar-refractivity contribution in [3.05, 3.63) is 44.3 Å². The standard InChI is InChI=1S/C11H13BrN2O2/c1-3-4-5-13-10(15)8-6-9(12)7(2)14-11(8)16/h3-4,6H,5H2,1-2H3,(H,13,15)(H,14,16)/b4-3+. The molecule has 1 heterocycles. The van der Waals surface area contributed by atoms with Gasteiger partial charge in [-0.25, -0.2) is 0 Å². The highest BCUT2D eigenvalue weighted by Crippen LogP contribution is 2.12. The summed E-state index contributed by atoms with van der Waals surface area (Å²) in [6, 6.07) is 1.53. The van der Waals surface area contributed by atoms with Crippen LogP contribution in [0.3, 0.4) is 0 Å². The summed E-state index contributed by atoms with van der Waals surface area (Å²) < 4.78 is 0.711. The molecule has 4 nitrogen and oxygen atoms in total. The van der Waals surface area contributed by atoms with Crippen molar-refractivity contribution in [2.24, 2.45) is 0 Å². The first-order chi connectivity index (χ1) is 7.56. The Balaban J connectivity index is 2.92. The third kappa shape index (κ3) is 3.06. The maximum absolute atomic E-state index is 11.6. The maximum Gasteiger partial charge on any atom is 0.261 e. The Morgan fingerprint density at radius 1 is 1.62 bits per heavy atom. The molecule has 0 atom stereocenters. The van der Waals surface area contributed by atoms with Gasteiger partial charge in [0.1, 0.15) is 5.56 Å². The largest absolute Gasteiger partial charge is 0.348 e. The highest BCUT2D eigenvalue weighted by molar-refractivity contribution is 9.10. The van der Waals surface area contributed by atoms with Gasteiger partial charge in [-0.05, 0) is 35.8 Å². The number of nitrogens with one attached hydrogen (secondary N) is 2. The number of aromatic amines is 1. The number of aryl methyl sites for hydroxylation is 1. The topological polar surface area (TPSA) is 62.0 Å². The second kappa shape index (κ2) is 5.65. The number of H-pyrrole nitrogens is 1.